The first kappa shape index (κ1) is 17.8. The van der Waals surface area contributed by atoms with E-state index in [2.05, 4.69) is 10.1 Å². The molecule has 3 rings (SSSR count). The molecule has 0 amide bonds. The van der Waals surface area contributed by atoms with Crippen molar-refractivity contribution in [2.45, 2.75) is 12.5 Å². The Balaban J connectivity index is 1.83. The number of ether oxygens (including phenoxy) is 2. The molecule has 2 aromatic carbocycles. The predicted molar refractivity (Wildman–Crippen MR) is 84.3 cm³/mol. The maximum atomic E-state index is 13.8. The molecule has 134 valence electrons. The summed E-state index contributed by atoms with van der Waals surface area (Å²) in [5.74, 6) is -0.686. The highest BCUT2D eigenvalue weighted by molar-refractivity contribution is 6.30. The summed E-state index contributed by atoms with van der Waals surface area (Å²) in [5.41, 5.74) is 0.565. The van der Waals surface area contributed by atoms with Gasteiger partial charge in [-0.25, -0.2) is 4.39 Å². The molecule has 1 aliphatic heterocycles. The molecule has 0 aliphatic carbocycles. The summed E-state index contributed by atoms with van der Waals surface area (Å²) < 4.78 is 60.6. The number of benzene rings is 2. The molecule has 1 aliphatic rings. The summed E-state index contributed by atoms with van der Waals surface area (Å²) in [7, 11) is 0. The fourth-order valence-electron chi connectivity index (χ4n) is 2.54. The van der Waals surface area contributed by atoms with Gasteiger partial charge in [-0.05, 0) is 29.8 Å². The third-order valence-electron chi connectivity index (χ3n) is 3.82. The molecular weight excluding hydrogens is 362 g/mol. The number of halogens is 5. The van der Waals surface area contributed by atoms with Gasteiger partial charge in [0.05, 0.1) is 5.02 Å². The first-order valence-corrected chi connectivity index (χ1v) is 7.88. The van der Waals surface area contributed by atoms with Crippen LogP contribution in [0, 0.1) is 11.7 Å². The lowest BCUT2D eigenvalue weighted by Crippen LogP contribution is -2.46. The molecule has 1 N–H and O–H groups in total. The highest BCUT2D eigenvalue weighted by atomic mass is 35.5. The lowest BCUT2D eigenvalue weighted by Gasteiger charge is -2.35. The van der Waals surface area contributed by atoms with E-state index in [4.69, 9.17) is 16.3 Å². The predicted octanol–water partition coefficient (Wildman–Crippen LogP) is 4.72. The molecule has 0 aromatic heterocycles. The molecule has 2 aromatic rings. The molecule has 25 heavy (non-hydrogen) atoms. The lowest BCUT2D eigenvalue weighted by molar-refractivity contribution is -0.274. The quantitative estimate of drug-likeness (QED) is 0.767. The van der Waals surface area contributed by atoms with Crippen molar-refractivity contribution in [2.24, 2.45) is 5.92 Å². The van der Waals surface area contributed by atoms with Crippen molar-refractivity contribution < 1.29 is 27.0 Å². The highest BCUT2D eigenvalue weighted by Crippen LogP contribution is 2.34. The van der Waals surface area contributed by atoms with Gasteiger partial charge in [-0.3, -0.25) is 0 Å². The second-order valence-corrected chi connectivity index (χ2v) is 6.06. The fraction of sp³-hybridized carbons (Fsp3) is 0.294. The average molecular weight is 376 g/mol. The van der Waals surface area contributed by atoms with Crippen molar-refractivity contribution in [3.8, 4) is 11.5 Å². The molecule has 0 saturated carbocycles. The molecule has 0 radical (unpaired) electrons. The largest absolute Gasteiger partial charge is 0.573 e. The Morgan fingerprint density at radius 1 is 1.08 bits per heavy atom. The Morgan fingerprint density at radius 3 is 2.40 bits per heavy atom. The van der Waals surface area contributed by atoms with Crippen LogP contribution in [-0.2, 0) is 0 Å². The Kier molecular flexibility index (Phi) is 5.06. The van der Waals surface area contributed by atoms with Gasteiger partial charge in [0.2, 0.25) is 0 Å². The van der Waals surface area contributed by atoms with Crippen LogP contribution in [0.5, 0.6) is 11.5 Å². The first-order valence-electron chi connectivity index (χ1n) is 7.50. The van der Waals surface area contributed by atoms with Gasteiger partial charge < -0.3 is 14.8 Å². The summed E-state index contributed by atoms with van der Waals surface area (Å²) in [4.78, 5) is 0. The van der Waals surface area contributed by atoms with Gasteiger partial charge in [-0.2, -0.15) is 0 Å². The van der Waals surface area contributed by atoms with Crippen LogP contribution in [0.3, 0.4) is 0 Å². The van der Waals surface area contributed by atoms with E-state index in [1.54, 1.807) is 6.07 Å². The zero-order valence-electron chi connectivity index (χ0n) is 12.8. The van der Waals surface area contributed by atoms with Gasteiger partial charge in [0.1, 0.15) is 23.4 Å². The minimum atomic E-state index is -4.78. The summed E-state index contributed by atoms with van der Waals surface area (Å²) in [6.07, 6.45) is -5.30. The SMILES string of the molecule is Fc1cc(C(Oc2cccc(OC(F)(F)F)c2)C2CNC2)ccc1Cl. The number of hydrogen-bond acceptors (Lipinski definition) is 3. The molecule has 1 unspecified atom stereocenters. The number of alkyl halides is 3. The molecule has 8 heteroatoms. The Morgan fingerprint density at radius 2 is 1.80 bits per heavy atom. The maximum Gasteiger partial charge on any atom is 0.573 e. The van der Waals surface area contributed by atoms with Gasteiger partial charge >= 0.3 is 6.36 Å². The van der Waals surface area contributed by atoms with Gasteiger partial charge in [-0.1, -0.05) is 23.7 Å². The third kappa shape index (κ3) is 4.55. The van der Waals surface area contributed by atoms with Crippen LogP contribution in [0.1, 0.15) is 11.7 Å². The maximum absolute atomic E-state index is 13.8. The first-order chi connectivity index (χ1) is 11.8. The van der Waals surface area contributed by atoms with E-state index in [1.165, 1.54) is 30.3 Å². The van der Waals surface area contributed by atoms with Crippen LogP contribution in [0.25, 0.3) is 0 Å². The van der Waals surface area contributed by atoms with Crippen molar-refractivity contribution in [3.05, 3.63) is 58.9 Å². The summed E-state index contributed by atoms with van der Waals surface area (Å²) >= 11 is 5.70. The van der Waals surface area contributed by atoms with E-state index in [1.807, 2.05) is 0 Å². The number of hydrogen-bond donors (Lipinski definition) is 1. The normalized spacial score (nSPS) is 16.2. The van der Waals surface area contributed by atoms with E-state index in [9.17, 15) is 17.6 Å². The van der Waals surface area contributed by atoms with Crippen LogP contribution < -0.4 is 14.8 Å². The van der Waals surface area contributed by atoms with Crippen molar-refractivity contribution in [1.82, 2.24) is 5.32 Å². The zero-order chi connectivity index (χ0) is 18.0. The van der Waals surface area contributed by atoms with Gasteiger partial charge in [-0.15, -0.1) is 13.2 Å². The molecular formula is C17H14ClF4NO2. The monoisotopic (exact) mass is 375 g/mol. The number of nitrogens with one attached hydrogen (secondary N) is 1. The summed E-state index contributed by atoms with van der Waals surface area (Å²) in [5, 5.41) is 3.09. The standard InChI is InChI=1S/C17H14ClF4NO2/c18-14-5-4-10(6-15(14)19)16(11-8-23-9-11)24-12-2-1-3-13(7-12)25-17(20,21)22/h1-7,11,16,23H,8-9H2. The smallest absolute Gasteiger partial charge is 0.485 e. The molecule has 1 fully saturated rings. The highest BCUT2D eigenvalue weighted by Gasteiger charge is 2.32. The van der Waals surface area contributed by atoms with Crippen LogP contribution >= 0.6 is 11.6 Å². The molecule has 1 heterocycles. The van der Waals surface area contributed by atoms with Crippen LogP contribution in [0.4, 0.5) is 17.6 Å². The fourth-order valence-corrected chi connectivity index (χ4v) is 2.66. The molecule has 0 bridgehead atoms. The van der Waals surface area contributed by atoms with E-state index >= 15 is 0 Å². The molecule has 3 nitrogen and oxygen atoms in total. The zero-order valence-corrected chi connectivity index (χ0v) is 13.6. The second kappa shape index (κ2) is 7.09. The Bertz CT molecular complexity index is 750. The van der Waals surface area contributed by atoms with Gasteiger partial charge in [0.25, 0.3) is 0 Å². The summed E-state index contributed by atoms with van der Waals surface area (Å²) in [6, 6.07) is 9.61. The van der Waals surface area contributed by atoms with E-state index < -0.39 is 18.3 Å². The van der Waals surface area contributed by atoms with E-state index in [0.717, 1.165) is 6.07 Å². The van der Waals surface area contributed by atoms with Crippen LogP contribution in [0.15, 0.2) is 42.5 Å². The minimum Gasteiger partial charge on any atom is -0.485 e. The molecule has 1 atom stereocenters. The second-order valence-electron chi connectivity index (χ2n) is 5.65. The van der Waals surface area contributed by atoms with Crippen LogP contribution in [0.2, 0.25) is 5.02 Å². The molecule has 1 saturated heterocycles. The van der Waals surface area contributed by atoms with Gasteiger partial charge in [0.15, 0.2) is 0 Å². The van der Waals surface area contributed by atoms with Crippen molar-refractivity contribution in [3.63, 3.8) is 0 Å². The van der Waals surface area contributed by atoms with Crippen molar-refractivity contribution >= 4 is 11.6 Å². The molecule has 0 spiro atoms. The topological polar surface area (TPSA) is 30.5 Å². The Hall–Kier alpha value is -1.99. The lowest BCUT2D eigenvalue weighted by atomic mass is 9.90. The number of rotatable bonds is 5. The van der Waals surface area contributed by atoms with E-state index in [0.29, 0.717) is 18.7 Å². The van der Waals surface area contributed by atoms with Crippen LogP contribution in [-0.4, -0.2) is 19.5 Å². The van der Waals surface area contributed by atoms with E-state index in [-0.39, 0.29) is 22.4 Å². The van der Waals surface area contributed by atoms with Gasteiger partial charge in [0, 0.05) is 25.1 Å². The average Bonchev–Trinajstić information content (AvgIpc) is 2.46. The summed E-state index contributed by atoms with van der Waals surface area (Å²) in [6.45, 7) is 1.32. The van der Waals surface area contributed by atoms with Crippen molar-refractivity contribution in [2.75, 3.05) is 13.1 Å². The Labute approximate surface area is 146 Å². The minimum absolute atomic E-state index is 0.00481. The third-order valence-corrected chi connectivity index (χ3v) is 4.12. The van der Waals surface area contributed by atoms with Crippen molar-refractivity contribution in [1.29, 1.82) is 0 Å².